The summed E-state index contributed by atoms with van der Waals surface area (Å²) in [6.45, 7) is 0. The van der Waals surface area contributed by atoms with Crippen LogP contribution in [0.2, 0.25) is 0 Å². The Morgan fingerprint density at radius 3 is 1.53 bits per heavy atom. The van der Waals surface area contributed by atoms with Gasteiger partial charge in [-0.15, -0.1) is 0 Å². The van der Waals surface area contributed by atoms with Crippen LogP contribution in [0.5, 0.6) is 0 Å². The Bertz CT molecular complexity index is 1660. The Morgan fingerprint density at radius 2 is 1.00 bits per heavy atom. The van der Waals surface area contributed by atoms with E-state index in [1.807, 2.05) is 54.6 Å². The molecule has 0 fully saturated rings. The number of hydrogen-bond donors (Lipinski definition) is 0. The molecular formula is C28H20Na2O6S2. The molecule has 10 heteroatoms. The largest absolute Gasteiger partial charge is 1.00 e. The fourth-order valence-corrected chi connectivity index (χ4v) is 4.77. The van der Waals surface area contributed by atoms with Gasteiger partial charge in [-0.2, -0.15) is 0 Å². The van der Waals surface area contributed by atoms with Crippen molar-refractivity contribution in [1.82, 2.24) is 0 Å². The molecule has 0 aliphatic heterocycles. The maximum atomic E-state index is 11.4. The zero-order valence-corrected chi connectivity index (χ0v) is 26.4. The molecule has 0 atom stereocenters. The Hall–Kier alpha value is -1.82. The molecule has 0 saturated heterocycles. The maximum Gasteiger partial charge on any atom is 1.00 e. The van der Waals surface area contributed by atoms with Gasteiger partial charge < -0.3 is 9.11 Å². The van der Waals surface area contributed by atoms with Crippen molar-refractivity contribution < 1.29 is 85.1 Å². The van der Waals surface area contributed by atoms with Crippen LogP contribution in [-0.4, -0.2) is 25.9 Å². The molecule has 0 heterocycles. The van der Waals surface area contributed by atoms with Crippen LogP contribution in [-0.2, 0) is 20.2 Å². The Balaban J connectivity index is 0.00000253. The molecule has 0 amide bonds. The zero-order chi connectivity index (χ0) is 25.8. The van der Waals surface area contributed by atoms with E-state index in [9.17, 15) is 25.9 Å². The predicted molar refractivity (Wildman–Crippen MR) is 139 cm³/mol. The van der Waals surface area contributed by atoms with Gasteiger partial charge in [-0.1, -0.05) is 103 Å². The van der Waals surface area contributed by atoms with Gasteiger partial charge in [0.05, 0.1) is 9.79 Å². The standard InChI is InChI=1S/C28H22O6S2.2Na/c29-35(30,31)27-6-3-4-23(20-27)9-8-21-10-15-24(16-11-21)25-17-12-22(13-18-25)14-19-26-5-1-2-7-28(26)36(32,33)34;;/h1-20H,(H,29,30,31)(H,32,33,34);;/q;2*+1/p-2. The number of hydrogen-bond acceptors (Lipinski definition) is 6. The van der Waals surface area contributed by atoms with E-state index in [0.717, 1.165) is 22.3 Å². The molecule has 0 bridgehead atoms. The summed E-state index contributed by atoms with van der Waals surface area (Å²) in [6, 6.07) is 27.3. The quantitative estimate of drug-likeness (QED) is 0.171. The Kier molecular flexibility index (Phi) is 11.9. The van der Waals surface area contributed by atoms with Crippen molar-refractivity contribution in [2.45, 2.75) is 9.79 Å². The topological polar surface area (TPSA) is 114 Å². The van der Waals surface area contributed by atoms with Gasteiger partial charge in [-0.3, -0.25) is 0 Å². The Labute approximate surface area is 267 Å². The first kappa shape index (κ1) is 32.4. The summed E-state index contributed by atoms with van der Waals surface area (Å²) in [4.78, 5) is -0.520. The molecule has 0 aliphatic carbocycles. The van der Waals surface area contributed by atoms with E-state index in [0.29, 0.717) is 11.1 Å². The van der Waals surface area contributed by atoms with Gasteiger partial charge in [0.2, 0.25) is 0 Å². The molecule has 182 valence electrons. The van der Waals surface area contributed by atoms with E-state index >= 15 is 0 Å². The summed E-state index contributed by atoms with van der Waals surface area (Å²) < 4.78 is 67.8. The van der Waals surface area contributed by atoms with Gasteiger partial charge >= 0.3 is 59.1 Å². The van der Waals surface area contributed by atoms with Gasteiger partial charge in [-0.25, -0.2) is 16.8 Å². The fraction of sp³-hybridized carbons (Fsp3) is 0. The van der Waals surface area contributed by atoms with Crippen molar-refractivity contribution in [3.8, 4) is 11.1 Å². The third-order valence-corrected chi connectivity index (χ3v) is 7.16. The molecule has 0 radical (unpaired) electrons. The molecule has 0 aromatic heterocycles. The molecule has 38 heavy (non-hydrogen) atoms. The van der Waals surface area contributed by atoms with Crippen molar-refractivity contribution in [1.29, 1.82) is 0 Å². The zero-order valence-electron chi connectivity index (χ0n) is 20.8. The van der Waals surface area contributed by atoms with Crippen molar-refractivity contribution in [3.63, 3.8) is 0 Å². The monoisotopic (exact) mass is 562 g/mol. The van der Waals surface area contributed by atoms with E-state index in [1.54, 1.807) is 36.4 Å². The van der Waals surface area contributed by atoms with Crippen molar-refractivity contribution in [3.05, 3.63) is 119 Å². The van der Waals surface area contributed by atoms with Crippen LogP contribution in [0.4, 0.5) is 0 Å². The molecule has 4 aromatic carbocycles. The average Bonchev–Trinajstić information content (AvgIpc) is 2.86. The molecule has 0 spiro atoms. The number of rotatable bonds is 7. The summed E-state index contributed by atoms with van der Waals surface area (Å²) in [7, 11) is -9.05. The first-order valence-electron chi connectivity index (χ1n) is 10.8. The summed E-state index contributed by atoms with van der Waals surface area (Å²) in [5.41, 5.74) is 4.67. The van der Waals surface area contributed by atoms with E-state index in [4.69, 9.17) is 0 Å². The summed E-state index contributed by atoms with van der Waals surface area (Å²) in [6.07, 6.45) is 6.91. The molecule has 6 nitrogen and oxygen atoms in total. The third kappa shape index (κ3) is 8.86. The maximum absolute atomic E-state index is 11.4. The van der Waals surface area contributed by atoms with Crippen LogP contribution in [0.1, 0.15) is 22.3 Å². The second kappa shape index (κ2) is 14.0. The minimum atomic E-state index is -4.55. The van der Waals surface area contributed by atoms with E-state index in [-0.39, 0.29) is 68.9 Å². The first-order chi connectivity index (χ1) is 17.1. The second-order valence-corrected chi connectivity index (χ2v) is 10.7. The van der Waals surface area contributed by atoms with Crippen LogP contribution >= 0.6 is 0 Å². The fourth-order valence-electron chi connectivity index (χ4n) is 3.57. The average molecular weight is 563 g/mol. The van der Waals surface area contributed by atoms with E-state index < -0.39 is 20.2 Å². The summed E-state index contributed by atoms with van der Waals surface area (Å²) >= 11 is 0. The van der Waals surface area contributed by atoms with Crippen molar-refractivity contribution in [2.75, 3.05) is 0 Å². The van der Waals surface area contributed by atoms with E-state index in [1.165, 1.54) is 30.3 Å². The first-order valence-corrected chi connectivity index (χ1v) is 13.6. The predicted octanol–water partition coefficient (Wildman–Crippen LogP) is -0.489. The summed E-state index contributed by atoms with van der Waals surface area (Å²) in [5, 5.41) is 0. The van der Waals surface area contributed by atoms with Gasteiger partial charge in [0.25, 0.3) is 0 Å². The molecule has 0 N–H and O–H groups in total. The van der Waals surface area contributed by atoms with Crippen molar-refractivity contribution >= 4 is 44.5 Å². The minimum absolute atomic E-state index is 0. The molecule has 4 rings (SSSR count). The van der Waals surface area contributed by atoms with Crippen LogP contribution in [0, 0.1) is 0 Å². The Morgan fingerprint density at radius 1 is 0.500 bits per heavy atom. The van der Waals surface area contributed by atoms with Gasteiger partial charge in [0.15, 0.2) is 0 Å². The van der Waals surface area contributed by atoms with Crippen LogP contribution < -0.4 is 59.1 Å². The molecular weight excluding hydrogens is 542 g/mol. The minimum Gasteiger partial charge on any atom is -0.744 e. The smallest absolute Gasteiger partial charge is 0.744 e. The molecule has 0 saturated carbocycles. The SMILES string of the molecule is O=S(=O)([O-])c1cccc(C=Cc2ccc(-c3ccc(C=Cc4ccccc4S(=O)(=O)[O-])cc3)cc2)c1.[Na+].[Na+]. The van der Waals surface area contributed by atoms with Gasteiger partial charge in [-0.05, 0) is 51.6 Å². The normalized spacial score (nSPS) is 11.7. The van der Waals surface area contributed by atoms with Gasteiger partial charge in [0, 0.05) is 0 Å². The summed E-state index contributed by atoms with van der Waals surface area (Å²) in [5.74, 6) is 0. The van der Waals surface area contributed by atoms with Crippen LogP contribution in [0.25, 0.3) is 35.4 Å². The number of benzene rings is 4. The second-order valence-electron chi connectivity index (χ2n) is 7.93. The van der Waals surface area contributed by atoms with E-state index in [2.05, 4.69) is 0 Å². The van der Waals surface area contributed by atoms with Crippen molar-refractivity contribution in [2.24, 2.45) is 0 Å². The molecule has 0 unspecified atom stereocenters. The molecule has 0 aliphatic rings. The van der Waals surface area contributed by atoms with Crippen LogP contribution in [0.3, 0.4) is 0 Å². The van der Waals surface area contributed by atoms with Gasteiger partial charge in [0.1, 0.15) is 20.2 Å². The van der Waals surface area contributed by atoms with Crippen LogP contribution in [0.15, 0.2) is 107 Å². The third-order valence-electron chi connectivity index (χ3n) is 5.41. The molecule has 4 aromatic rings.